The van der Waals surface area contributed by atoms with E-state index >= 15 is 0 Å². The van der Waals surface area contributed by atoms with Crippen LogP contribution in [-0.4, -0.2) is 54.8 Å². The zero-order valence-electron chi connectivity index (χ0n) is 10.3. The van der Waals surface area contributed by atoms with Crippen LogP contribution in [0.25, 0.3) is 0 Å². The van der Waals surface area contributed by atoms with Gasteiger partial charge in [0.1, 0.15) is 0 Å². The van der Waals surface area contributed by atoms with Crippen molar-refractivity contribution in [2.45, 2.75) is 26.2 Å². The fraction of sp³-hybridized carbons (Fsp3) is 0.900. The largest absolute Gasteiger partial charge is 0.481 e. The lowest BCUT2D eigenvalue weighted by Crippen LogP contribution is -2.46. The van der Waals surface area contributed by atoms with Crippen molar-refractivity contribution in [3.8, 4) is 0 Å². The molecule has 0 saturated carbocycles. The minimum atomic E-state index is -3.49. The standard InChI is InChI=1S/C10H20N2O4S/c1-9-4-3-6-12(8-9)17(15,16)11(2)7-5-10(13)14/h9H,3-8H2,1-2H3,(H,13,14). The maximum atomic E-state index is 12.1. The van der Waals surface area contributed by atoms with Gasteiger partial charge in [0.05, 0.1) is 6.42 Å². The topological polar surface area (TPSA) is 77.9 Å². The SMILES string of the molecule is CC1CCCN(S(=O)(=O)N(C)CCC(=O)O)C1. The summed E-state index contributed by atoms with van der Waals surface area (Å²) in [6.07, 6.45) is 1.75. The Kier molecular flexibility index (Phi) is 4.91. The molecule has 100 valence electrons. The molecule has 1 aliphatic rings. The van der Waals surface area contributed by atoms with Crippen molar-refractivity contribution in [2.24, 2.45) is 5.92 Å². The van der Waals surface area contributed by atoms with Crippen molar-refractivity contribution in [3.05, 3.63) is 0 Å². The smallest absolute Gasteiger partial charge is 0.304 e. The molecule has 1 aliphatic heterocycles. The third-order valence-electron chi connectivity index (χ3n) is 2.98. The third-order valence-corrected chi connectivity index (χ3v) is 4.93. The first kappa shape index (κ1) is 14.4. The first-order valence-corrected chi connectivity index (χ1v) is 7.17. The minimum absolute atomic E-state index is 0.0164. The van der Waals surface area contributed by atoms with E-state index in [0.717, 1.165) is 17.1 Å². The normalized spacial score (nSPS) is 22.9. The molecule has 6 nitrogen and oxygen atoms in total. The lowest BCUT2D eigenvalue weighted by molar-refractivity contribution is -0.137. The van der Waals surface area contributed by atoms with Crippen molar-refractivity contribution in [2.75, 3.05) is 26.7 Å². The summed E-state index contributed by atoms with van der Waals surface area (Å²) < 4.78 is 26.8. The zero-order valence-corrected chi connectivity index (χ0v) is 11.1. The average molecular weight is 264 g/mol. The van der Waals surface area contributed by atoms with Crippen molar-refractivity contribution in [1.82, 2.24) is 8.61 Å². The molecule has 1 rings (SSSR count). The van der Waals surface area contributed by atoms with Gasteiger partial charge in [0.25, 0.3) is 10.2 Å². The van der Waals surface area contributed by atoms with Crippen LogP contribution in [0.2, 0.25) is 0 Å². The highest BCUT2D eigenvalue weighted by Crippen LogP contribution is 2.19. The number of carbonyl (C=O) groups is 1. The Morgan fingerprint density at radius 1 is 1.53 bits per heavy atom. The Bertz CT molecular complexity index is 369. The maximum Gasteiger partial charge on any atom is 0.304 e. The second-order valence-corrected chi connectivity index (χ2v) is 6.61. The van der Waals surface area contributed by atoms with Crippen LogP contribution in [0.5, 0.6) is 0 Å². The first-order valence-electron chi connectivity index (χ1n) is 5.77. The first-order chi connectivity index (χ1) is 7.84. The van der Waals surface area contributed by atoms with Gasteiger partial charge in [-0.3, -0.25) is 4.79 Å². The molecular weight excluding hydrogens is 244 g/mol. The number of hydrogen-bond donors (Lipinski definition) is 1. The number of carboxylic acids is 1. The van der Waals surface area contributed by atoms with Crippen LogP contribution in [0.1, 0.15) is 26.2 Å². The Hall–Kier alpha value is -0.660. The van der Waals surface area contributed by atoms with Crippen molar-refractivity contribution in [1.29, 1.82) is 0 Å². The van der Waals surface area contributed by atoms with Crippen molar-refractivity contribution >= 4 is 16.2 Å². The van der Waals surface area contributed by atoms with Gasteiger partial charge in [-0.2, -0.15) is 17.0 Å². The lowest BCUT2D eigenvalue weighted by Gasteiger charge is -2.32. The van der Waals surface area contributed by atoms with E-state index in [0.29, 0.717) is 19.0 Å². The van der Waals surface area contributed by atoms with E-state index in [-0.39, 0.29) is 13.0 Å². The van der Waals surface area contributed by atoms with Crippen LogP contribution in [0.3, 0.4) is 0 Å². The highest BCUT2D eigenvalue weighted by molar-refractivity contribution is 7.86. The second kappa shape index (κ2) is 5.79. The Labute approximate surface area is 102 Å². The second-order valence-electron chi connectivity index (χ2n) is 4.58. The van der Waals surface area contributed by atoms with Crippen molar-refractivity contribution < 1.29 is 18.3 Å². The summed E-state index contributed by atoms with van der Waals surface area (Å²) in [5.74, 6) is -0.620. The minimum Gasteiger partial charge on any atom is -0.481 e. The van der Waals surface area contributed by atoms with Gasteiger partial charge in [0.15, 0.2) is 0 Å². The molecule has 0 amide bonds. The van der Waals surface area contributed by atoms with Gasteiger partial charge in [-0.25, -0.2) is 0 Å². The molecular formula is C10H20N2O4S. The summed E-state index contributed by atoms with van der Waals surface area (Å²) in [6.45, 7) is 3.10. The van der Waals surface area contributed by atoms with Crippen LogP contribution in [0, 0.1) is 5.92 Å². The quantitative estimate of drug-likeness (QED) is 0.778. The third kappa shape index (κ3) is 3.93. The number of hydrogen-bond acceptors (Lipinski definition) is 3. The fourth-order valence-electron chi connectivity index (χ4n) is 1.92. The summed E-state index contributed by atoms with van der Waals surface area (Å²) in [5, 5.41) is 8.55. The fourth-order valence-corrected chi connectivity index (χ4v) is 3.44. The molecule has 1 atom stereocenters. The molecule has 1 N–H and O–H groups in total. The van der Waals surface area contributed by atoms with Gasteiger partial charge in [-0.1, -0.05) is 6.92 Å². The molecule has 7 heteroatoms. The molecule has 1 saturated heterocycles. The molecule has 1 heterocycles. The number of nitrogens with zero attached hydrogens (tertiary/aromatic N) is 2. The predicted octanol–water partition coefficient (Wildman–Crippen LogP) is 0.370. The predicted molar refractivity (Wildman–Crippen MR) is 63.8 cm³/mol. The van der Waals surface area contributed by atoms with Crippen LogP contribution in [-0.2, 0) is 15.0 Å². The average Bonchev–Trinajstić information content (AvgIpc) is 2.25. The molecule has 0 aliphatic carbocycles. The molecule has 1 unspecified atom stereocenters. The van der Waals surface area contributed by atoms with E-state index in [9.17, 15) is 13.2 Å². The number of aliphatic carboxylic acids is 1. The molecule has 0 radical (unpaired) electrons. The summed E-state index contributed by atoms with van der Waals surface area (Å²) in [6, 6.07) is 0. The molecule has 0 bridgehead atoms. The van der Waals surface area contributed by atoms with E-state index in [4.69, 9.17) is 5.11 Å². The van der Waals surface area contributed by atoms with E-state index in [2.05, 4.69) is 0 Å². The van der Waals surface area contributed by atoms with Gasteiger partial charge in [0, 0.05) is 26.7 Å². The highest BCUT2D eigenvalue weighted by Gasteiger charge is 2.30. The van der Waals surface area contributed by atoms with Crippen LogP contribution in [0.4, 0.5) is 0 Å². The summed E-state index contributed by atoms with van der Waals surface area (Å²) >= 11 is 0. The van der Waals surface area contributed by atoms with E-state index in [1.165, 1.54) is 11.4 Å². The van der Waals surface area contributed by atoms with E-state index < -0.39 is 16.2 Å². The van der Waals surface area contributed by atoms with Gasteiger partial charge in [-0.15, -0.1) is 0 Å². The highest BCUT2D eigenvalue weighted by atomic mass is 32.2. The maximum absolute atomic E-state index is 12.1. The zero-order chi connectivity index (χ0) is 13.1. The molecule has 0 spiro atoms. The molecule has 17 heavy (non-hydrogen) atoms. The van der Waals surface area contributed by atoms with Gasteiger partial charge >= 0.3 is 5.97 Å². The van der Waals surface area contributed by atoms with E-state index in [1.807, 2.05) is 6.92 Å². The molecule has 0 aromatic heterocycles. The number of rotatable bonds is 5. The molecule has 0 aromatic rings. The van der Waals surface area contributed by atoms with Gasteiger partial charge in [-0.05, 0) is 18.8 Å². The number of carboxylic acid groups (broad SMARTS) is 1. The molecule has 1 fully saturated rings. The Morgan fingerprint density at radius 2 is 2.18 bits per heavy atom. The summed E-state index contributed by atoms with van der Waals surface area (Å²) in [5.41, 5.74) is 0. The Balaban J connectivity index is 2.62. The van der Waals surface area contributed by atoms with E-state index in [1.54, 1.807) is 0 Å². The van der Waals surface area contributed by atoms with Gasteiger partial charge in [0.2, 0.25) is 0 Å². The monoisotopic (exact) mass is 264 g/mol. The van der Waals surface area contributed by atoms with Crippen LogP contribution in [0.15, 0.2) is 0 Å². The Morgan fingerprint density at radius 3 is 2.71 bits per heavy atom. The van der Waals surface area contributed by atoms with Crippen LogP contribution >= 0.6 is 0 Å². The van der Waals surface area contributed by atoms with Crippen LogP contribution < -0.4 is 0 Å². The van der Waals surface area contributed by atoms with Gasteiger partial charge < -0.3 is 5.11 Å². The summed E-state index contributed by atoms with van der Waals surface area (Å²) in [7, 11) is -2.06. The molecule has 0 aromatic carbocycles. The lowest BCUT2D eigenvalue weighted by atomic mass is 10.0. The van der Waals surface area contributed by atoms with Crippen molar-refractivity contribution in [3.63, 3.8) is 0 Å². The summed E-state index contributed by atoms with van der Waals surface area (Å²) in [4.78, 5) is 10.4. The number of piperidine rings is 1.